The molecule has 0 bridgehead atoms. The molecule has 0 aromatic heterocycles. The highest BCUT2D eigenvalue weighted by atomic mass is 16.5. The van der Waals surface area contributed by atoms with Crippen LogP contribution in [0.15, 0.2) is 95.2 Å². The quantitative estimate of drug-likeness (QED) is 0.0769. The zero-order valence-corrected chi connectivity index (χ0v) is 33.1. The molecule has 4 aliphatic rings. The number of fused-ring (bicyclic) bond motifs is 4. The van der Waals surface area contributed by atoms with E-state index in [1.54, 1.807) is 77.9 Å². The Balaban J connectivity index is 0.842. The van der Waals surface area contributed by atoms with Gasteiger partial charge in [0.05, 0.1) is 67.6 Å². The van der Waals surface area contributed by atoms with Crippen molar-refractivity contribution < 1.29 is 38.1 Å². The number of aliphatic imine (C=N–C) groups is 2. The van der Waals surface area contributed by atoms with Gasteiger partial charge in [-0.1, -0.05) is 36.4 Å². The molecule has 8 rings (SSSR count). The molecular weight excluding hydrogens is 765 g/mol. The molecule has 0 aliphatic carbocycles. The molecule has 0 fully saturated rings. The minimum Gasteiger partial charge on any atom is -0.493 e. The van der Waals surface area contributed by atoms with Gasteiger partial charge in [0.25, 0.3) is 18.1 Å². The van der Waals surface area contributed by atoms with E-state index < -0.39 is 5.97 Å². The van der Waals surface area contributed by atoms with E-state index in [9.17, 15) is 14.4 Å². The topological polar surface area (TPSA) is 178 Å². The minimum atomic E-state index is -0.727. The molecule has 14 heteroatoms. The van der Waals surface area contributed by atoms with Crippen LogP contribution < -0.4 is 24.7 Å². The zero-order chi connectivity index (χ0) is 41.8. The number of hydrogen-bond acceptors (Lipinski definition) is 12. The van der Waals surface area contributed by atoms with E-state index in [0.717, 1.165) is 47.1 Å². The predicted molar refractivity (Wildman–Crippen MR) is 224 cm³/mol. The summed E-state index contributed by atoms with van der Waals surface area (Å²) in [5.41, 5.74) is 12.8. The fraction of sp³-hybridized carbons (Fsp3) is 0.261. The Hall–Kier alpha value is -7.24. The number of nitriles is 1. The van der Waals surface area contributed by atoms with Crippen LogP contribution in [0.25, 0.3) is 11.1 Å². The fourth-order valence-corrected chi connectivity index (χ4v) is 7.66. The van der Waals surface area contributed by atoms with E-state index in [0.29, 0.717) is 78.1 Å². The first kappa shape index (κ1) is 39.6. The van der Waals surface area contributed by atoms with Gasteiger partial charge in [-0.3, -0.25) is 19.6 Å². The monoisotopic (exact) mass is 806 g/mol. The van der Waals surface area contributed by atoms with Crippen molar-refractivity contribution in [2.45, 2.75) is 50.7 Å². The number of amides is 2. The van der Waals surface area contributed by atoms with Crippen molar-refractivity contribution in [3.05, 3.63) is 119 Å². The third kappa shape index (κ3) is 7.95. The average molecular weight is 807 g/mol. The lowest BCUT2D eigenvalue weighted by Gasteiger charge is -2.19. The summed E-state index contributed by atoms with van der Waals surface area (Å²) in [7, 11) is 3.08. The Morgan fingerprint density at radius 2 is 1.20 bits per heavy atom. The lowest BCUT2D eigenvalue weighted by atomic mass is 10.0. The van der Waals surface area contributed by atoms with Crippen LogP contribution in [0.5, 0.6) is 23.0 Å². The highest BCUT2D eigenvalue weighted by molar-refractivity contribution is 6.06. The number of rotatable bonds is 14. The second-order valence-corrected chi connectivity index (χ2v) is 14.6. The van der Waals surface area contributed by atoms with Gasteiger partial charge in [0.1, 0.15) is 0 Å². The van der Waals surface area contributed by atoms with E-state index in [4.69, 9.17) is 34.9 Å². The molecule has 60 heavy (non-hydrogen) atoms. The maximum atomic E-state index is 13.8. The van der Waals surface area contributed by atoms with Crippen LogP contribution in [-0.4, -0.2) is 79.5 Å². The summed E-state index contributed by atoms with van der Waals surface area (Å²) in [6.07, 6.45) is 12.2. The van der Waals surface area contributed by atoms with Crippen LogP contribution in [0.1, 0.15) is 79.9 Å². The first-order valence-corrected chi connectivity index (χ1v) is 19.6. The van der Waals surface area contributed by atoms with Gasteiger partial charge in [0.2, 0.25) is 0 Å². The van der Waals surface area contributed by atoms with E-state index in [1.807, 2.05) is 36.7 Å². The Bertz CT molecular complexity index is 2500. The second kappa shape index (κ2) is 17.3. The molecule has 4 aliphatic heterocycles. The van der Waals surface area contributed by atoms with Crippen molar-refractivity contribution in [1.29, 1.82) is 5.26 Å². The average Bonchev–Trinajstić information content (AvgIpc) is 3.86. The van der Waals surface area contributed by atoms with Crippen LogP contribution in [0.4, 0.5) is 11.4 Å². The molecule has 304 valence electrons. The third-order valence-corrected chi connectivity index (χ3v) is 10.9. The van der Waals surface area contributed by atoms with Crippen molar-refractivity contribution in [3.63, 3.8) is 0 Å². The third-order valence-electron chi connectivity index (χ3n) is 10.9. The fourth-order valence-electron chi connectivity index (χ4n) is 7.66. The van der Waals surface area contributed by atoms with E-state index in [1.165, 1.54) is 13.4 Å². The largest absolute Gasteiger partial charge is 0.493 e. The number of benzene rings is 4. The predicted octanol–water partition coefficient (Wildman–Crippen LogP) is 7.37. The Morgan fingerprint density at radius 1 is 0.717 bits per heavy atom. The number of unbranched alkanes of at least 4 members (excludes halogenated alkanes) is 2. The van der Waals surface area contributed by atoms with Gasteiger partial charge >= 0.3 is 5.97 Å². The molecule has 0 saturated carbocycles. The Morgan fingerprint density at radius 3 is 1.65 bits per heavy atom. The van der Waals surface area contributed by atoms with Crippen molar-refractivity contribution in [3.8, 4) is 29.3 Å². The summed E-state index contributed by atoms with van der Waals surface area (Å²) in [5.74, 6) is 0.799. The van der Waals surface area contributed by atoms with Gasteiger partial charge in [-0.25, -0.2) is 4.79 Å². The second-order valence-electron chi connectivity index (χ2n) is 14.6. The molecule has 14 nitrogen and oxygen atoms in total. The summed E-state index contributed by atoms with van der Waals surface area (Å²) in [6, 6.07) is 21.1. The van der Waals surface area contributed by atoms with Crippen molar-refractivity contribution in [1.82, 2.24) is 9.80 Å². The molecule has 0 radical (unpaired) electrons. The molecule has 4 aromatic carbocycles. The molecule has 4 aromatic rings. The van der Waals surface area contributed by atoms with E-state index in [2.05, 4.69) is 9.73 Å². The number of esters is 1. The first-order chi connectivity index (χ1) is 29.3. The van der Waals surface area contributed by atoms with Crippen molar-refractivity contribution >= 4 is 52.7 Å². The molecule has 1 unspecified atom stereocenters. The Labute approximate surface area is 346 Å². The number of methoxy groups -OCH3 is 2. The summed E-state index contributed by atoms with van der Waals surface area (Å²) < 4.78 is 27.9. The van der Waals surface area contributed by atoms with Gasteiger partial charge < -0.3 is 39.2 Å². The molecule has 2 atom stereocenters. The van der Waals surface area contributed by atoms with Crippen molar-refractivity contribution in [2.75, 3.05) is 27.4 Å². The molecule has 0 saturated heterocycles. The number of nitrogens with two attached hydrogens (primary N) is 1. The summed E-state index contributed by atoms with van der Waals surface area (Å²) in [4.78, 5) is 52.1. The van der Waals surface area contributed by atoms with E-state index >= 15 is 0 Å². The van der Waals surface area contributed by atoms with Gasteiger partial charge in [0.15, 0.2) is 23.0 Å². The van der Waals surface area contributed by atoms with E-state index in [-0.39, 0.29) is 29.5 Å². The molecular formula is C46H42N6O8. The van der Waals surface area contributed by atoms with Gasteiger partial charge in [-0.15, -0.1) is 5.26 Å². The number of carbonyl (C=O) groups excluding carboxylic acids is 3. The SMILES string of the molecule is COc1cc2c(cc1OCCCCCOc1cc3c(cc1OC)C(=O)N1C=C(c4ccc(C(=O)OC#N)cc4)C[C@H]1C=N3)N=CC1CC(c3ccc(CN)cc3)=CN1C2=O. The first-order valence-electron chi connectivity index (χ1n) is 19.6. The van der Waals surface area contributed by atoms with Crippen LogP contribution in [0, 0.1) is 11.5 Å². The smallest absolute Gasteiger partial charge is 0.353 e. The summed E-state index contributed by atoms with van der Waals surface area (Å²) >= 11 is 0. The highest BCUT2D eigenvalue weighted by Crippen LogP contribution is 2.42. The number of nitrogens with zero attached hydrogens (tertiary/aromatic N) is 5. The minimum absolute atomic E-state index is 0.146. The van der Waals surface area contributed by atoms with Crippen LogP contribution in [0.3, 0.4) is 0 Å². The van der Waals surface area contributed by atoms with Crippen LogP contribution in [0.2, 0.25) is 0 Å². The summed E-state index contributed by atoms with van der Waals surface area (Å²) in [6.45, 7) is 1.31. The molecule has 0 spiro atoms. The van der Waals surface area contributed by atoms with Gasteiger partial charge in [-0.2, -0.15) is 0 Å². The van der Waals surface area contributed by atoms with Gasteiger partial charge in [0, 0.05) is 56.3 Å². The molecule has 2 amide bonds. The highest BCUT2D eigenvalue weighted by Gasteiger charge is 2.35. The maximum absolute atomic E-state index is 13.8. The normalized spacial score (nSPS) is 17.3. The Kier molecular flexibility index (Phi) is 11.4. The molecule has 2 N–H and O–H groups in total. The standard InChI is InChI=1S/C46H42N6O8/c1-56-40-18-36-38(49-23-34-16-32(25-51(34)44(36)53)29-8-6-28(22-47)7-9-29)20-42(40)58-14-4-3-5-15-59-43-21-39-37(19-41(43)57-2)45(54)52-26-33(17-35(52)24-50-39)30-10-12-31(13-11-30)46(55)60-27-48/h6-13,18-21,23-26,34-35H,3-5,14-17,22,47H2,1-2H3/t34?,35-/m0/s1. The number of hydrogen-bond donors (Lipinski definition) is 1. The summed E-state index contributed by atoms with van der Waals surface area (Å²) in [5, 5.41) is 8.62. The zero-order valence-electron chi connectivity index (χ0n) is 33.1. The number of carbonyl (C=O) groups is 3. The maximum Gasteiger partial charge on any atom is 0.353 e. The lowest BCUT2D eigenvalue weighted by Crippen LogP contribution is -2.32. The van der Waals surface area contributed by atoms with Crippen molar-refractivity contribution in [2.24, 2.45) is 15.7 Å². The lowest BCUT2D eigenvalue weighted by molar-refractivity contribution is 0.0684. The van der Waals surface area contributed by atoms with Crippen LogP contribution >= 0.6 is 0 Å². The number of ether oxygens (including phenoxy) is 5. The van der Waals surface area contributed by atoms with Crippen LogP contribution in [-0.2, 0) is 11.3 Å². The van der Waals surface area contributed by atoms with Gasteiger partial charge in [-0.05, 0) is 71.4 Å². The molecule has 4 heterocycles.